The van der Waals surface area contributed by atoms with Crippen LogP contribution in [0.15, 0.2) is 179 Å². The molecule has 0 saturated heterocycles. The lowest BCUT2D eigenvalue weighted by molar-refractivity contribution is 0.409. The average Bonchev–Trinajstić information content (AvgIpc) is 3.74. The van der Waals surface area contributed by atoms with Crippen molar-refractivity contribution in [3.8, 4) is 16.8 Å². The summed E-state index contributed by atoms with van der Waals surface area (Å²) < 4.78 is 8.80. The van der Waals surface area contributed by atoms with Crippen LogP contribution in [-0.2, 0) is 0 Å². The summed E-state index contributed by atoms with van der Waals surface area (Å²) in [6.45, 7) is 0. The first kappa shape index (κ1) is 28.6. The molecule has 2 unspecified atom stereocenters. The van der Waals surface area contributed by atoms with E-state index in [1.165, 1.54) is 10.8 Å². The second-order valence-corrected chi connectivity index (χ2v) is 12.9. The summed E-state index contributed by atoms with van der Waals surface area (Å²) in [6.07, 6.45) is -0.346. The highest BCUT2D eigenvalue weighted by atomic mass is 16.3. The van der Waals surface area contributed by atoms with Crippen LogP contribution in [0.25, 0.3) is 60.6 Å². The Balaban J connectivity index is 1.10. The van der Waals surface area contributed by atoms with E-state index in [9.17, 15) is 0 Å². The number of para-hydroxylation sites is 3. The number of aromatic nitrogens is 1. The lowest BCUT2D eigenvalue weighted by Crippen LogP contribution is -2.44. The van der Waals surface area contributed by atoms with Crippen LogP contribution in [0.5, 0.6) is 0 Å². The highest BCUT2D eigenvalue weighted by molar-refractivity contribution is 6.13. The Kier molecular flexibility index (Phi) is 6.64. The number of hydrogen-bond donors (Lipinski definition) is 2. The maximum atomic E-state index is 6.43. The van der Waals surface area contributed by atoms with Crippen molar-refractivity contribution in [2.45, 2.75) is 12.3 Å². The summed E-state index contributed by atoms with van der Waals surface area (Å²) in [5.74, 6) is 0.873. The molecule has 7 aromatic carbocycles. The summed E-state index contributed by atoms with van der Waals surface area (Å²) >= 11 is 0. The lowest BCUT2D eigenvalue weighted by Gasteiger charge is -2.32. The molecule has 9 aromatic rings. The molecule has 1 aliphatic heterocycles. The van der Waals surface area contributed by atoms with Gasteiger partial charge in [0.1, 0.15) is 29.3 Å². The largest absolute Gasteiger partial charge is 0.455 e. The number of fused-ring (bicyclic) bond motifs is 6. The monoisotopic (exact) mass is 644 g/mol. The van der Waals surface area contributed by atoms with E-state index in [0.29, 0.717) is 0 Å². The van der Waals surface area contributed by atoms with Gasteiger partial charge in [-0.1, -0.05) is 133 Å². The van der Waals surface area contributed by atoms with Gasteiger partial charge >= 0.3 is 0 Å². The molecule has 2 atom stereocenters. The van der Waals surface area contributed by atoms with Crippen molar-refractivity contribution in [3.63, 3.8) is 0 Å². The number of nitrogens with one attached hydrogen (secondary N) is 2. The molecule has 0 radical (unpaired) electrons. The Morgan fingerprint density at radius 1 is 0.520 bits per heavy atom. The smallest absolute Gasteiger partial charge is 0.143 e. The molecule has 0 spiro atoms. The third-order valence-electron chi connectivity index (χ3n) is 9.88. The van der Waals surface area contributed by atoms with Crippen LogP contribution in [0.3, 0.4) is 0 Å². The highest BCUT2D eigenvalue weighted by Gasteiger charge is 2.26. The van der Waals surface area contributed by atoms with E-state index in [0.717, 1.165) is 72.3 Å². The number of rotatable bonds is 5. The van der Waals surface area contributed by atoms with Crippen molar-refractivity contribution in [1.29, 1.82) is 0 Å². The first-order chi connectivity index (χ1) is 24.8. The van der Waals surface area contributed by atoms with Gasteiger partial charge in [-0.05, 0) is 53.1 Å². The molecule has 0 amide bonds. The van der Waals surface area contributed by atoms with Crippen LogP contribution in [0.2, 0.25) is 0 Å². The quantitative estimate of drug-likeness (QED) is 0.196. The first-order valence-corrected chi connectivity index (χ1v) is 17.0. The normalized spacial score (nSPS) is 16.2. The van der Waals surface area contributed by atoms with Crippen LogP contribution >= 0.6 is 0 Å². The Hall–Kier alpha value is -6.43. The molecular formula is C45H32N4O. The van der Waals surface area contributed by atoms with Gasteiger partial charge in [0, 0.05) is 38.4 Å². The molecule has 0 saturated carbocycles. The Morgan fingerprint density at radius 2 is 1.22 bits per heavy atom. The van der Waals surface area contributed by atoms with Crippen molar-refractivity contribution in [2.75, 3.05) is 0 Å². The van der Waals surface area contributed by atoms with Gasteiger partial charge in [0.05, 0.1) is 11.0 Å². The van der Waals surface area contributed by atoms with Crippen LogP contribution in [0, 0.1) is 0 Å². The van der Waals surface area contributed by atoms with Gasteiger partial charge in [0.25, 0.3) is 0 Å². The van der Waals surface area contributed by atoms with E-state index < -0.39 is 0 Å². The average molecular weight is 645 g/mol. The van der Waals surface area contributed by atoms with Gasteiger partial charge in [-0.25, -0.2) is 4.99 Å². The summed E-state index contributed by atoms with van der Waals surface area (Å²) in [7, 11) is 0. The second kappa shape index (κ2) is 11.6. The van der Waals surface area contributed by atoms with Gasteiger partial charge in [-0.3, -0.25) is 5.32 Å². The van der Waals surface area contributed by atoms with Gasteiger partial charge < -0.3 is 14.3 Å². The molecule has 2 N–H and O–H groups in total. The molecule has 3 heterocycles. The predicted molar refractivity (Wildman–Crippen MR) is 205 cm³/mol. The molecule has 0 fully saturated rings. The van der Waals surface area contributed by atoms with Crippen LogP contribution in [-0.4, -0.2) is 10.4 Å². The fourth-order valence-corrected chi connectivity index (χ4v) is 7.52. The molecule has 10 rings (SSSR count). The first-order valence-electron chi connectivity index (χ1n) is 17.0. The third kappa shape index (κ3) is 4.71. The number of furan rings is 1. The predicted octanol–water partition coefficient (Wildman–Crippen LogP) is 10.7. The third-order valence-corrected chi connectivity index (χ3v) is 9.88. The summed E-state index contributed by atoms with van der Waals surface area (Å²) in [6, 6.07) is 59.8. The molecule has 5 heteroatoms. The van der Waals surface area contributed by atoms with Crippen molar-refractivity contribution >= 4 is 49.6 Å². The Labute approximate surface area is 289 Å². The fraction of sp³-hybridized carbons (Fsp3) is 0.0444. The van der Waals surface area contributed by atoms with Gasteiger partial charge in [0.2, 0.25) is 0 Å². The topological polar surface area (TPSA) is 54.5 Å². The van der Waals surface area contributed by atoms with Crippen molar-refractivity contribution in [1.82, 2.24) is 15.2 Å². The van der Waals surface area contributed by atoms with Gasteiger partial charge in [0.15, 0.2) is 0 Å². The van der Waals surface area contributed by atoms with Crippen LogP contribution in [0.1, 0.15) is 29.0 Å². The zero-order chi connectivity index (χ0) is 33.0. The number of benzene rings is 7. The van der Waals surface area contributed by atoms with Crippen molar-refractivity contribution in [3.05, 3.63) is 187 Å². The molecular weight excluding hydrogens is 613 g/mol. The van der Waals surface area contributed by atoms with E-state index in [1.807, 2.05) is 24.3 Å². The van der Waals surface area contributed by atoms with Crippen molar-refractivity contribution in [2.24, 2.45) is 4.99 Å². The summed E-state index contributed by atoms with van der Waals surface area (Å²) in [5, 5.41) is 12.1. The van der Waals surface area contributed by atoms with E-state index >= 15 is 0 Å². The molecule has 1 aliphatic rings. The zero-order valence-corrected chi connectivity index (χ0v) is 27.1. The van der Waals surface area contributed by atoms with E-state index in [2.05, 4.69) is 161 Å². The molecule has 0 aliphatic carbocycles. The second-order valence-electron chi connectivity index (χ2n) is 12.9. The minimum absolute atomic E-state index is 0.0968. The molecule has 0 bridgehead atoms. The van der Waals surface area contributed by atoms with Gasteiger partial charge in [-0.2, -0.15) is 0 Å². The number of nitrogens with zero attached hydrogens (tertiary/aromatic N) is 2. The van der Waals surface area contributed by atoms with Crippen LogP contribution < -0.4 is 10.6 Å². The summed E-state index contributed by atoms with van der Waals surface area (Å²) in [4.78, 5) is 5.21. The lowest BCUT2D eigenvalue weighted by atomic mass is 10.0. The maximum Gasteiger partial charge on any atom is 0.143 e. The molecule has 5 nitrogen and oxygen atoms in total. The minimum Gasteiger partial charge on any atom is -0.455 e. The fourth-order valence-electron chi connectivity index (χ4n) is 7.52. The Morgan fingerprint density at radius 3 is 2.10 bits per heavy atom. The zero-order valence-electron chi connectivity index (χ0n) is 27.1. The SMILES string of the molecule is c1ccc(C2=NC(c3cccc(-n4c5ccccc5c5cc(-c6cccc7c6oc6ccccc67)ccc54)c3)NC(c3ccccc3)N2)cc1. The maximum absolute atomic E-state index is 6.43. The van der Waals surface area contributed by atoms with E-state index in [-0.39, 0.29) is 12.3 Å². The Bertz CT molecular complexity index is 2720. The highest BCUT2D eigenvalue weighted by Crippen LogP contribution is 2.39. The number of hydrogen-bond acceptors (Lipinski definition) is 4. The molecule has 2 aromatic heterocycles. The summed E-state index contributed by atoms with van der Waals surface area (Å²) in [5.41, 5.74) is 10.8. The van der Waals surface area contributed by atoms with E-state index in [1.54, 1.807) is 0 Å². The van der Waals surface area contributed by atoms with Crippen molar-refractivity contribution < 1.29 is 4.42 Å². The number of amidine groups is 1. The van der Waals surface area contributed by atoms with Crippen LogP contribution in [0.4, 0.5) is 0 Å². The molecule has 238 valence electrons. The van der Waals surface area contributed by atoms with E-state index in [4.69, 9.17) is 9.41 Å². The minimum atomic E-state index is -0.249. The molecule has 50 heavy (non-hydrogen) atoms. The van der Waals surface area contributed by atoms with Gasteiger partial charge in [-0.15, -0.1) is 0 Å². The number of aliphatic imine (C=N–C) groups is 1. The standard InChI is InChI=1S/C45H32N4O/c1-3-13-29(14-4-1)43-46-44(30-15-5-2-6-16-30)48-45(47-43)32-17-11-18-33(27-32)49-39-23-9-7-19-35(39)38-28-31(25-26-40(38)49)34-21-12-22-37-36-20-8-10-24-41(36)50-42(34)37/h1-28,43,45,47H,(H,46,48).